The predicted molar refractivity (Wildman–Crippen MR) is 164 cm³/mol. The van der Waals surface area contributed by atoms with Gasteiger partial charge in [-0.15, -0.1) is 11.3 Å². The number of benzene rings is 3. The molecule has 1 amide bonds. The largest absolute Gasteiger partial charge is 0.497 e. The van der Waals surface area contributed by atoms with Crippen molar-refractivity contribution in [2.24, 2.45) is 0 Å². The maximum atomic E-state index is 13.3. The van der Waals surface area contributed by atoms with Gasteiger partial charge in [0, 0.05) is 22.1 Å². The quantitative estimate of drug-likeness (QED) is 0.180. The van der Waals surface area contributed by atoms with Crippen LogP contribution in [-0.2, 0) is 4.79 Å². The minimum Gasteiger partial charge on any atom is -0.497 e. The van der Waals surface area contributed by atoms with Gasteiger partial charge in [-0.1, -0.05) is 66.4 Å². The van der Waals surface area contributed by atoms with Gasteiger partial charge in [-0.25, -0.2) is 9.97 Å². The summed E-state index contributed by atoms with van der Waals surface area (Å²) < 4.78 is 10.8. The van der Waals surface area contributed by atoms with Crippen molar-refractivity contribution in [1.29, 1.82) is 5.26 Å². The highest BCUT2D eigenvalue weighted by molar-refractivity contribution is 8.00. The fourth-order valence-electron chi connectivity index (χ4n) is 4.21. The van der Waals surface area contributed by atoms with E-state index in [-0.39, 0.29) is 5.91 Å². The summed E-state index contributed by atoms with van der Waals surface area (Å²) in [5, 5.41) is 15.4. The summed E-state index contributed by atoms with van der Waals surface area (Å²) >= 11 is 2.58. The molecule has 0 aliphatic heterocycles. The lowest BCUT2D eigenvalue weighted by Crippen LogP contribution is -2.22. The monoisotopic (exact) mass is 578 g/mol. The van der Waals surface area contributed by atoms with Gasteiger partial charge in [-0.05, 0) is 42.8 Å². The van der Waals surface area contributed by atoms with E-state index in [9.17, 15) is 10.1 Å². The molecular weight excluding hydrogens is 553 g/mol. The second-order valence-corrected chi connectivity index (χ2v) is 11.1. The van der Waals surface area contributed by atoms with Crippen molar-refractivity contribution in [1.82, 2.24) is 9.97 Å². The molecule has 5 aromatic rings. The van der Waals surface area contributed by atoms with Crippen LogP contribution in [0.5, 0.6) is 11.5 Å². The highest BCUT2D eigenvalue weighted by atomic mass is 32.2. The Balaban J connectivity index is 1.43. The molecular formula is C32H26N4O3S2. The predicted octanol–water partition coefficient (Wildman–Crippen LogP) is 7.55. The molecule has 0 saturated heterocycles. The summed E-state index contributed by atoms with van der Waals surface area (Å²) in [5.41, 5.74) is 5.20. The topological polar surface area (TPSA) is 97.1 Å². The number of carbonyl (C=O) groups is 1. The van der Waals surface area contributed by atoms with Crippen LogP contribution in [0.25, 0.3) is 33.6 Å². The van der Waals surface area contributed by atoms with Crippen LogP contribution in [-0.4, -0.2) is 35.3 Å². The van der Waals surface area contributed by atoms with Gasteiger partial charge in [0.25, 0.3) is 0 Å². The maximum absolute atomic E-state index is 13.3. The van der Waals surface area contributed by atoms with Gasteiger partial charge >= 0.3 is 0 Å². The summed E-state index contributed by atoms with van der Waals surface area (Å²) in [6.07, 6.45) is 0. The van der Waals surface area contributed by atoms with Crippen LogP contribution in [0.15, 0.2) is 95.3 Å². The number of anilines is 1. The number of nitrogens with zero attached hydrogens (tertiary/aromatic N) is 3. The normalized spacial score (nSPS) is 11.4. The van der Waals surface area contributed by atoms with Crippen molar-refractivity contribution in [2.75, 3.05) is 19.5 Å². The number of aromatic nitrogens is 2. The van der Waals surface area contributed by atoms with Gasteiger partial charge in [-0.2, -0.15) is 5.26 Å². The molecule has 3 aromatic carbocycles. The third-order valence-electron chi connectivity index (χ3n) is 6.34. The van der Waals surface area contributed by atoms with E-state index in [0.717, 1.165) is 33.7 Å². The number of pyridine rings is 1. The average Bonchev–Trinajstić information content (AvgIpc) is 3.49. The lowest BCUT2D eigenvalue weighted by molar-refractivity contribution is -0.115. The Morgan fingerprint density at radius 1 is 0.902 bits per heavy atom. The van der Waals surface area contributed by atoms with Gasteiger partial charge in [0.15, 0.2) is 5.13 Å². The first-order valence-corrected chi connectivity index (χ1v) is 14.5. The van der Waals surface area contributed by atoms with E-state index in [2.05, 4.69) is 16.4 Å². The molecule has 2 heterocycles. The minimum atomic E-state index is -0.553. The van der Waals surface area contributed by atoms with Crippen molar-refractivity contribution in [3.63, 3.8) is 0 Å². The van der Waals surface area contributed by atoms with Gasteiger partial charge in [0.1, 0.15) is 22.6 Å². The van der Waals surface area contributed by atoms with Crippen molar-refractivity contribution in [3.8, 4) is 51.2 Å². The minimum absolute atomic E-state index is 0.238. The lowest BCUT2D eigenvalue weighted by atomic mass is 9.99. The zero-order valence-electron chi connectivity index (χ0n) is 22.6. The molecule has 41 heavy (non-hydrogen) atoms. The molecule has 204 valence electrons. The Morgan fingerprint density at radius 2 is 1.63 bits per heavy atom. The molecule has 0 spiro atoms. The molecule has 1 atom stereocenters. The van der Waals surface area contributed by atoms with Crippen LogP contribution in [0.3, 0.4) is 0 Å². The zero-order valence-corrected chi connectivity index (χ0v) is 24.3. The highest BCUT2D eigenvalue weighted by Gasteiger charge is 2.22. The molecule has 0 aliphatic rings. The maximum Gasteiger partial charge on any atom is 0.239 e. The highest BCUT2D eigenvalue weighted by Crippen LogP contribution is 2.37. The summed E-state index contributed by atoms with van der Waals surface area (Å²) in [7, 11) is 3.23. The van der Waals surface area contributed by atoms with Crippen LogP contribution >= 0.6 is 23.1 Å². The summed E-state index contributed by atoms with van der Waals surface area (Å²) in [5.74, 6) is 1.19. The van der Waals surface area contributed by atoms with E-state index in [4.69, 9.17) is 14.5 Å². The van der Waals surface area contributed by atoms with Gasteiger partial charge in [-0.3, -0.25) is 4.79 Å². The number of hydrogen-bond donors (Lipinski definition) is 1. The van der Waals surface area contributed by atoms with Crippen molar-refractivity contribution < 1.29 is 14.3 Å². The molecule has 1 N–H and O–H groups in total. The summed E-state index contributed by atoms with van der Waals surface area (Å²) in [4.78, 5) is 22.7. The Bertz CT molecular complexity index is 1710. The molecule has 1 unspecified atom stereocenters. The molecule has 0 saturated carbocycles. The van der Waals surface area contributed by atoms with E-state index in [1.165, 1.54) is 23.1 Å². The smallest absolute Gasteiger partial charge is 0.239 e. The number of thioether (sulfide) groups is 1. The average molecular weight is 579 g/mol. The van der Waals surface area contributed by atoms with E-state index in [0.29, 0.717) is 27.2 Å². The number of hydrogen-bond acceptors (Lipinski definition) is 8. The second kappa shape index (κ2) is 12.7. The van der Waals surface area contributed by atoms with Crippen LogP contribution < -0.4 is 14.8 Å². The van der Waals surface area contributed by atoms with E-state index < -0.39 is 5.25 Å². The standard InChI is InChI=1S/C32H26N4O3S2/c1-20(30(37)36-32-35-28(19-40-32)24-11-7-8-12-29(24)39-3)41-31-26(18-33)25(21-13-15-23(38-2)16-14-21)17-27(34-31)22-9-5-4-6-10-22/h4-17,19-20H,1-3H3,(H,35,36,37). The Hall–Kier alpha value is -4.65. The molecule has 7 nitrogen and oxygen atoms in total. The fraction of sp³-hybridized carbons (Fsp3) is 0.125. The number of rotatable bonds is 9. The third kappa shape index (κ3) is 6.24. The molecule has 0 aliphatic carbocycles. The molecule has 5 rings (SSSR count). The zero-order chi connectivity index (χ0) is 28.8. The second-order valence-electron chi connectivity index (χ2n) is 8.93. The summed E-state index contributed by atoms with van der Waals surface area (Å²) in [6.45, 7) is 1.79. The number of para-hydroxylation sites is 1. The van der Waals surface area contributed by atoms with Gasteiger partial charge < -0.3 is 14.8 Å². The first kappa shape index (κ1) is 27.9. The molecule has 0 radical (unpaired) electrons. The van der Waals surface area contributed by atoms with Crippen molar-refractivity contribution in [2.45, 2.75) is 17.2 Å². The Morgan fingerprint density at radius 3 is 2.34 bits per heavy atom. The molecule has 9 heteroatoms. The number of thiazole rings is 1. The molecule has 0 fully saturated rings. The third-order valence-corrected chi connectivity index (χ3v) is 8.19. The van der Waals surface area contributed by atoms with E-state index >= 15 is 0 Å². The van der Waals surface area contributed by atoms with Crippen LogP contribution in [0, 0.1) is 11.3 Å². The lowest BCUT2D eigenvalue weighted by Gasteiger charge is -2.15. The number of methoxy groups -OCH3 is 2. The van der Waals surface area contributed by atoms with Crippen LogP contribution in [0.4, 0.5) is 5.13 Å². The van der Waals surface area contributed by atoms with Crippen LogP contribution in [0.2, 0.25) is 0 Å². The summed E-state index contributed by atoms with van der Waals surface area (Å²) in [6, 6.07) is 29.2. The first-order valence-electron chi connectivity index (χ1n) is 12.7. The fourth-order valence-corrected chi connectivity index (χ4v) is 5.85. The SMILES string of the molecule is COc1ccc(-c2cc(-c3ccccc3)nc(SC(C)C(=O)Nc3nc(-c4ccccc4OC)cs3)c2C#N)cc1. The number of carbonyl (C=O) groups excluding carboxylic acids is 1. The molecule has 2 aromatic heterocycles. The van der Waals surface area contributed by atoms with Crippen LogP contribution in [0.1, 0.15) is 12.5 Å². The number of nitrogens with one attached hydrogen (secondary N) is 1. The van der Waals surface area contributed by atoms with Gasteiger partial charge in [0.2, 0.25) is 5.91 Å². The van der Waals surface area contributed by atoms with Crippen molar-refractivity contribution >= 4 is 34.1 Å². The number of amides is 1. The number of ether oxygens (including phenoxy) is 2. The van der Waals surface area contributed by atoms with Gasteiger partial charge in [0.05, 0.1) is 36.4 Å². The van der Waals surface area contributed by atoms with Crippen molar-refractivity contribution in [3.05, 3.63) is 95.9 Å². The van der Waals surface area contributed by atoms with E-state index in [1.807, 2.05) is 90.3 Å². The number of nitriles is 1. The molecule has 0 bridgehead atoms. The Kier molecular flexibility index (Phi) is 8.63. The van der Waals surface area contributed by atoms with E-state index in [1.54, 1.807) is 21.1 Å². The first-order chi connectivity index (χ1) is 20.0. The Labute approximate surface area is 246 Å².